The summed E-state index contributed by atoms with van der Waals surface area (Å²) in [5, 5.41) is 0. The van der Waals surface area contributed by atoms with Crippen LogP contribution in [0.25, 0.3) is 0 Å². The molecule has 0 aromatic carbocycles. The lowest BCUT2D eigenvalue weighted by Crippen LogP contribution is -1.84. The molecule has 0 nitrogen and oxygen atoms in total. The van der Waals surface area contributed by atoms with Crippen LogP contribution in [0.3, 0.4) is 0 Å². The summed E-state index contributed by atoms with van der Waals surface area (Å²) in [5.74, 6) is 0. The average molecular weight is 419 g/mol. The lowest BCUT2D eigenvalue weighted by atomic mass is 10.0. The predicted octanol–water partition coefficient (Wildman–Crippen LogP) is 11.5. The quantitative estimate of drug-likeness (QED) is 0.102. The van der Waals surface area contributed by atoms with Crippen LogP contribution in [-0.4, -0.2) is 0 Å². The van der Waals surface area contributed by atoms with Gasteiger partial charge in [-0.3, -0.25) is 0 Å². The highest BCUT2D eigenvalue weighted by Gasteiger charge is 1.95. The van der Waals surface area contributed by atoms with Crippen LogP contribution in [0.2, 0.25) is 0 Å². The van der Waals surface area contributed by atoms with Crippen molar-refractivity contribution in [3.63, 3.8) is 0 Å². The molecule has 0 rings (SSSR count). The highest BCUT2D eigenvalue weighted by Crippen LogP contribution is 2.15. The van der Waals surface area contributed by atoms with Crippen LogP contribution in [0.15, 0.2) is 24.3 Å². The molecule has 0 saturated heterocycles. The maximum absolute atomic E-state index is 4.25. The molecule has 178 valence electrons. The topological polar surface area (TPSA) is 0 Å². The Kier molecular flexibility index (Phi) is 26.1. The number of allylic oxidation sites excluding steroid dienone is 3. The molecule has 0 atom stereocenters. The summed E-state index contributed by atoms with van der Waals surface area (Å²) < 4.78 is 0. The van der Waals surface area contributed by atoms with Crippen molar-refractivity contribution in [2.75, 3.05) is 0 Å². The van der Waals surface area contributed by atoms with E-state index >= 15 is 0 Å². The Bertz CT molecular complexity index is 351. The Balaban J connectivity index is 3.23. The summed E-state index contributed by atoms with van der Waals surface area (Å²) in [6.45, 7) is 8.84. The molecule has 0 heteroatoms. The van der Waals surface area contributed by atoms with Crippen molar-refractivity contribution in [1.29, 1.82) is 0 Å². The van der Waals surface area contributed by atoms with Gasteiger partial charge in [-0.05, 0) is 25.7 Å². The third-order valence-corrected chi connectivity index (χ3v) is 6.43. The summed E-state index contributed by atoms with van der Waals surface area (Å²) in [5.41, 5.74) is 1.34. The lowest BCUT2D eigenvalue weighted by molar-refractivity contribution is 0.544. The van der Waals surface area contributed by atoms with Crippen LogP contribution < -0.4 is 0 Å². The molecule has 30 heavy (non-hydrogen) atoms. The van der Waals surface area contributed by atoms with Gasteiger partial charge in [0.05, 0.1) is 0 Å². The van der Waals surface area contributed by atoms with E-state index in [0.29, 0.717) is 0 Å². The Morgan fingerprint density at radius 1 is 0.467 bits per heavy atom. The molecule has 0 aromatic heterocycles. The van der Waals surface area contributed by atoms with Crippen LogP contribution in [0.1, 0.15) is 168 Å². The van der Waals surface area contributed by atoms with Gasteiger partial charge in [0, 0.05) is 0 Å². The van der Waals surface area contributed by atoms with E-state index in [2.05, 4.69) is 32.6 Å². The largest absolute Gasteiger partial charge is 0.0958 e. The number of hydrogen-bond donors (Lipinski definition) is 0. The molecule has 0 aliphatic rings. The second kappa shape index (κ2) is 26.5. The summed E-state index contributed by atoms with van der Waals surface area (Å²) in [4.78, 5) is 0. The number of rotatable bonds is 25. The Labute approximate surface area is 192 Å². The second-order valence-electron chi connectivity index (χ2n) is 9.67. The van der Waals surface area contributed by atoms with Crippen molar-refractivity contribution in [2.45, 2.75) is 168 Å². The van der Waals surface area contributed by atoms with Crippen LogP contribution in [0.5, 0.6) is 0 Å². The Morgan fingerprint density at radius 2 is 0.800 bits per heavy atom. The van der Waals surface area contributed by atoms with Crippen LogP contribution in [0.4, 0.5) is 0 Å². The minimum Gasteiger partial charge on any atom is -0.0958 e. The molecule has 0 aliphatic carbocycles. The lowest BCUT2D eigenvalue weighted by Gasteiger charge is -2.03. The van der Waals surface area contributed by atoms with Gasteiger partial charge in [0.15, 0.2) is 0 Å². The third-order valence-electron chi connectivity index (χ3n) is 6.43. The molecule has 0 bridgehead atoms. The summed E-state index contributed by atoms with van der Waals surface area (Å²) >= 11 is 0. The van der Waals surface area contributed by atoms with Gasteiger partial charge < -0.3 is 0 Å². The molecule has 0 fully saturated rings. The standard InChI is InChI=1S/C30H58/c1-4-6-8-10-12-14-16-18-20-22-24-26-28-30(3)29-27-25-23-21-19-17-15-13-11-9-7-5-2/h26,28H,3-25,27,29H2,1-2H3. The summed E-state index contributed by atoms with van der Waals surface area (Å²) in [6.07, 6.45) is 38.5. The monoisotopic (exact) mass is 418 g/mol. The zero-order valence-electron chi connectivity index (χ0n) is 21.3. The van der Waals surface area contributed by atoms with E-state index in [-0.39, 0.29) is 0 Å². The fraction of sp³-hybridized carbons (Fsp3) is 0.867. The van der Waals surface area contributed by atoms with E-state index in [9.17, 15) is 0 Å². The molecule has 0 N–H and O–H groups in total. The Hall–Kier alpha value is -0.520. The maximum Gasteiger partial charge on any atom is -0.0285 e. The fourth-order valence-electron chi connectivity index (χ4n) is 4.28. The van der Waals surface area contributed by atoms with E-state index in [1.807, 2.05) is 0 Å². The first-order chi connectivity index (χ1) is 14.8. The van der Waals surface area contributed by atoms with Gasteiger partial charge in [-0.1, -0.05) is 167 Å². The average Bonchev–Trinajstić information content (AvgIpc) is 2.75. The Morgan fingerprint density at radius 3 is 1.20 bits per heavy atom. The number of unbranched alkanes of at least 4 members (excludes halogenated alkanes) is 21. The normalized spacial score (nSPS) is 11.5. The van der Waals surface area contributed by atoms with Gasteiger partial charge in [-0.2, -0.15) is 0 Å². The first kappa shape index (κ1) is 29.5. The molecule has 0 heterocycles. The van der Waals surface area contributed by atoms with E-state index in [1.54, 1.807) is 0 Å². The summed E-state index contributed by atoms with van der Waals surface area (Å²) in [6, 6.07) is 0. The molecular formula is C30H58. The van der Waals surface area contributed by atoms with Crippen molar-refractivity contribution in [3.05, 3.63) is 24.3 Å². The zero-order valence-corrected chi connectivity index (χ0v) is 21.3. The van der Waals surface area contributed by atoms with Crippen molar-refractivity contribution in [1.82, 2.24) is 0 Å². The highest BCUT2D eigenvalue weighted by atomic mass is 14.0. The van der Waals surface area contributed by atoms with Crippen molar-refractivity contribution in [2.24, 2.45) is 0 Å². The van der Waals surface area contributed by atoms with Gasteiger partial charge in [0.2, 0.25) is 0 Å². The van der Waals surface area contributed by atoms with Crippen molar-refractivity contribution < 1.29 is 0 Å². The van der Waals surface area contributed by atoms with Crippen LogP contribution in [0, 0.1) is 0 Å². The minimum atomic E-state index is 1.20. The predicted molar refractivity (Wildman–Crippen MR) is 140 cm³/mol. The maximum atomic E-state index is 4.25. The van der Waals surface area contributed by atoms with Gasteiger partial charge in [-0.25, -0.2) is 0 Å². The SMILES string of the molecule is C=C(C=CCCCCCCCCCCCC)CCCCCCCCCCCCCC. The molecule has 0 amide bonds. The highest BCUT2D eigenvalue weighted by molar-refractivity contribution is 5.13. The smallest absolute Gasteiger partial charge is 0.0285 e. The number of hydrogen-bond acceptors (Lipinski definition) is 0. The van der Waals surface area contributed by atoms with E-state index in [1.165, 1.54) is 160 Å². The van der Waals surface area contributed by atoms with E-state index in [0.717, 1.165) is 0 Å². The third kappa shape index (κ3) is 25.5. The van der Waals surface area contributed by atoms with Crippen molar-refractivity contribution in [3.8, 4) is 0 Å². The van der Waals surface area contributed by atoms with Gasteiger partial charge in [0.1, 0.15) is 0 Å². The molecule has 0 saturated carbocycles. The molecule has 0 aliphatic heterocycles. The minimum absolute atomic E-state index is 1.20. The second-order valence-corrected chi connectivity index (χ2v) is 9.67. The van der Waals surface area contributed by atoms with Crippen molar-refractivity contribution >= 4 is 0 Å². The van der Waals surface area contributed by atoms with E-state index in [4.69, 9.17) is 0 Å². The molecule has 0 radical (unpaired) electrons. The van der Waals surface area contributed by atoms with Crippen LogP contribution >= 0.6 is 0 Å². The molecule has 0 aromatic rings. The molecule has 0 spiro atoms. The first-order valence-corrected chi connectivity index (χ1v) is 14.2. The first-order valence-electron chi connectivity index (χ1n) is 14.2. The van der Waals surface area contributed by atoms with Gasteiger partial charge >= 0.3 is 0 Å². The fourth-order valence-corrected chi connectivity index (χ4v) is 4.28. The summed E-state index contributed by atoms with van der Waals surface area (Å²) in [7, 11) is 0. The molecular weight excluding hydrogens is 360 g/mol. The van der Waals surface area contributed by atoms with E-state index < -0.39 is 0 Å². The van der Waals surface area contributed by atoms with Gasteiger partial charge in [0.25, 0.3) is 0 Å². The van der Waals surface area contributed by atoms with Gasteiger partial charge in [-0.15, -0.1) is 0 Å². The molecule has 0 unspecified atom stereocenters. The van der Waals surface area contributed by atoms with Crippen LogP contribution in [-0.2, 0) is 0 Å². The zero-order chi connectivity index (χ0) is 22.0.